The molecule has 42 heavy (non-hydrogen) atoms. The molecule has 2 aliphatic carbocycles. The van der Waals surface area contributed by atoms with E-state index >= 15 is 0 Å². The maximum atomic E-state index is 12.4. The first-order valence-electron chi connectivity index (χ1n) is 15.6. The van der Waals surface area contributed by atoms with E-state index in [4.69, 9.17) is 4.74 Å². The van der Waals surface area contributed by atoms with Crippen molar-refractivity contribution in [2.45, 2.75) is 101 Å². The average molecular weight is 565 g/mol. The third kappa shape index (κ3) is 9.58. The Kier molecular flexibility index (Phi) is 11.6. The Morgan fingerprint density at radius 1 is 0.714 bits per heavy atom. The highest BCUT2D eigenvalue weighted by Crippen LogP contribution is 2.42. The summed E-state index contributed by atoms with van der Waals surface area (Å²) >= 11 is 0. The van der Waals surface area contributed by atoms with E-state index in [0.717, 1.165) is 12.0 Å². The van der Waals surface area contributed by atoms with Crippen molar-refractivity contribution < 1.29 is 9.53 Å². The molecule has 1 aliphatic heterocycles. The lowest BCUT2D eigenvalue weighted by Gasteiger charge is -2.32. The smallest absolute Gasteiger partial charge is 0.343 e. The predicted octanol–water partition coefficient (Wildman–Crippen LogP) is 11.5. The van der Waals surface area contributed by atoms with Crippen LogP contribution in [0.25, 0.3) is 0 Å². The second-order valence-electron chi connectivity index (χ2n) is 13.5. The summed E-state index contributed by atoms with van der Waals surface area (Å²) < 4.78 is 5.50. The number of ether oxygens (including phenoxy) is 1. The van der Waals surface area contributed by atoms with E-state index in [1.807, 2.05) is 43.4 Å². The highest BCUT2D eigenvalue weighted by molar-refractivity contribution is 5.95. The topological polar surface area (TPSA) is 26.3 Å². The highest BCUT2D eigenvalue weighted by Gasteiger charge is 2.28. The normalized spacial score (nSPS) is 23.5. The van der Waals surface area contributed by atoms with Crippen LogP contribution >= 0.6 is 0 Å². The molecule has 0 N–H and O–H groups in total. The fraction of sp³-hybridized carbons (Fsp3) is 0.425. The fourth-order valence-electron chi connectivity index (χ4n) is 6.15. The standard InChI is InChI=1S/C40H52O2/c1-29(17-12-18-30(2)21-23-36-32(4)19-13-25-39(36,6)7)15-10-11-16-31(3)27-35-28-34(38(41)42-35)22-24-37-33(5)20-14-26-40(37,8)9/h10-12,15-18,21-24,27-28H,13-14,19-20,25-26H2,1-9H3/b11-10+,17-12+,23-21+,24-22+,29-15+,30-18+,31-16+,35-27-. The second-order valence-corrected chi connectivity index (χ2v) is 13.5. The molecule has 0 bridgehead atoms. The van der Waals surface area contributed by atoms with Crippen molar-refractivity contribution in [1.29, 1.82) is 0 Å². The van der Waals surface area contributed by atoms with Crippen LogP contribution in [0.4, 0.5) is 0 Å². The third-order valence-corrected chi connectivity index (χ3v) is 8.69. The number of cyclic esters (lactones) is 1. The number of allylic oxidation sites excluding steroid dienone is 19. The van der Waals surface area contributed by atoms with Gasteiger partial charge in [0.1, 0.15) is 5.76 Å². The molecule has 3 aliphatic rings. The van der Waals surface area contributed by atoms with Crippen LogP contribution in [0.2, 0.25) is 0 Å². The molecule has 2 nitrogen and oxygen atoms in total. The quantitative estimate of drug-likeness (QED) is 0.206. The van der Waals surface area contributed by atoms with Crippen molar-refractivity contribution in [3.8, 4) is 0 Å². The van der Waals surface area contributed by atoms with Gasteiger partial charge in [-0.3, -0.25) is 0 Å². The number of carbonyl (C=O) groups excluding carboxylic acids is 1. The summed E-state index contributed by atoms with van der Waals surface area (Å²) in [5.74, 6) is 0.294. The zero-order chi connectivity index (χ0) is 30.9. The van der Waals surface area contributed by atoms with Crippen molar-refractivity contribution in [3.05, 3.63) is 129 Å². The van der Waals surface area contributed by atoms with Gasteiger partial charge in [0.15, 0.2) is 0 Å². The Labute approximate surface area is 256 Å². The Hall–Kier alpha value is -3.39. The Morgan fingerprint density at radius 2 is 1.24 bits per heavy atom. The van der Waals surface area contributed by atoms with E-state index < -0.39 is 0 Å². The van der Waals surface area contributed by atoms with E-state index in [1.165, 1.54) is 65.5 Å². The number of rotatable bonds is 9. The molecule has 2 heteroatoms. The lowest BCUT2D eigenvalue weighted by Crippen LogP contribution is -2.19. The van der Waals surface area contributed by atoms with Gasteiger partial charge in [-0.25, -0.2) is 4.79 Å². The number of hydrogen-bond donors (Lipinski definition) is 0. The minimum absolute atomic E-state index is 0.144. The van der Waals surface area contributed by atoms with Crippen LogP contribution in [0, 0.1) is 10.8 Å². The SMILES string of the molecule is CC1=C(/C=C/C2=CC(=C/C(C)=C/C=C/C=C(C)/C=C/C=C(C)/C=C/C3=C(C)CCCC3(C)C)/OC2=O)C(C)(C)CCC1. The second kappa shape index (κ2) is 14.7. The molecule has 0 aromatic heterocycles. The molecule has 3 rings (SSSR count). The zero-order valence-electron chi connectivity index (χ0n) is 27.6. The van der Waals surface area contributed by atoms with Crippen molar-refractivity contribution in [1.82, 2.24) is 0 Å². The molecule has 0 atom stereocenters. The monoisotopic (exact) mass is 564 g/mol. The van der Waals surface area contributed by atoms with Crippen LogP contribution in [0.3, 0.4) is 0 Å². The van der Waals surface area contributed by atoms with Gasteiger partial charge >= 0.3 is 5.97 Å². The first-order chi connectivity index (χ1) is 19.8. The van der Waals surface area contributed by atoms with E-state index in [1.54, 1.807) is 0 Å². The molecule has 0 saturated heterocycles. The van der Waals surface area contributed by atoms with Crippen LogP contribution in [-0.2, 0) is 9.53 Å². The maximum absolute atomic E-state index is 12.4. The van der Waals surface area contributed by atoms with E-state index in [-0.39, 0.29) is 16.8 Å². The first kappa shape index (κ1) is 33.1. The van der Waals surface area contributed by atoms with Gasteiger partial charge in [0, 0.05) is 0 Å². The summed E-state index contributed by atoms with van der Waals surface area (Å²) in [6, 6.07) is 0. The lowest BCUT2D eigenvalue weighted by atomic mass is 9.72. The van der Waals surface area contributed by atoms with E-state index in [9.17, 15) is 4.79 Å². The summed E-state index contributed by atoms with van der Waals surface area (Å²) in [6.45, 7) is 20.0. The molecule has 0 amide bonds. The van der Waals surface area contributed by atoms with Crippen molar-refractivity contribution in [3.63, 3.8) is 0 Å². The summed E-state index contributed by atoms with van der Waals surface area (Å²) in [6.07, 6.45) is 34.2. The molecule has 1 heterocycles. The molecule has 0 aromatic rings. The lowest BCUT2D eigenvalue weighted by molar-refractivity contribution is -0.132. The van der Waals surface area contributed by atoms with Gasteiger partial charge in [-0.1, -0.05) is 111 Å². The maximum Gasteiger partial charge on any atom is 0.343 e. The molecular formula is C40H52O2. The number of carbonyl (C=O) groups is 1. The largest absolute Gasteiger partial charge is 0.423 e. The number of esters is 1. The average Bonchev–Trinajstić information content (AvgIpc) is 3.23. The summed E-state index contributed by atoms with van der Waals surface area (Å²) in [5.41, 5.74) is 10.2. The summed E-state index contributed by atoms with van der Waals surface area (Å²) in [4.78, 5) is 12.4. The summed E-state index contributed by atoms with van der Waals surface area (Å²) in [5, 5.41) is 0. The molecule has 0 radical (unpaired) electrons. The van der Waals surface area contributed by atoms with Crippen LogP contribution in [-0.4, -0.2) is 5.97 Å². The molecule has 0 spiro atoms. The molecular weight excluding hydrogens is 512 g/mol. The van der Waals surface area contributed by atoms with Gasteiger partial charge in [0.25, 0.3) is 0 Å². The highest BCUT2D eigenvalue weighted by atomic mass is 16.5. The van der Waals surface area contributed by atoms with Crippen molar-refractivity contribution >= 4 is 5.97 Å². The first-order valence-corrected chi connectivity index (χ1v) is 15.6. The molecule has 0 fully saturated rings. The van der Waals surface area contributed by atoms with Gasteiger partial charge in [-0.2, -0.15) is 0 Å². The zero-order valence-corrected chi connectivity index (χ0v) is 27.6. The molecule has 0 aromatic carbocycles. The van der Waals surface area contributed by atoms with Gasteiger partial charge in [-0.05, 0) is 119 Å². The van der Waals surface area contributed by atoms with E-state index in [2.05, 4.69) is 97.9 Å². The molecule has 0 unspecified atom stereocenters. The van der Waals surface area contributed by atoms with Crippen LogP contribution in [0.1, 0.15) is 101 Å². The minimum Gasteiger partial charge on any atom is -0.423 e. The predicted molar refractivity (Wildman–Crippen MR) is 181 cm³/mol. The summed E-state index contributed by atoms with van der Waals surface area (Å²) in [7, 11) is 0. The Morgan fingerprint density at radius 3 is 1.83 bits per heavy atom. The van der Waals surface area contributed by atoms with Crippen molar-refractivity contribution in [2.24, 2.45) is 10.8 Å². The van der Waals surface area contributed by atoms with Gasteiger partial charge < -0.3 is 4.74 Å². The Balaban J connectivity index is 1.57. The van der Waals surface area contributed by atoms with Gasteiger partial charge in [0.2, 0.25) is 0 Å². The van der Waals surface area contributed by atoms with Crippen LogP contribution < -0.4 is 0 Å². The van der Waals surface area contributed by atoms with Crippen molar-refractivity contribution in [2.75, 3.05) is 0 Å². The minimum atomic E-state index is -0.289. The molecule has 0 saturated carbocycles. The molecule has 224 valence electrons. The Bertz CT molecular complexity index is 1380. The van der Waals surface area contributed by atoms with Crippen LogP contribution in [0.15, 0.2) is 129 Å². The fourth-order valence-corrected chi connectivity index (χ4v) is 6.15. The van der Waals surface area contributed by atoms with Gasteiger partial charge in [0.05, 0.1) is 5.57 Å². The van der Waals surface area contributed by atoms with E-state index in [0.29, 0.717) is 11.3 Å². The van der Waals surface area contributed by atoms with Gasteiger partial charge in [-0.15, -0.1) is 0 Å². The number of hydrogen-bond acceptors (Lipinski definition) is 2. The van der Waals surface area contributed by atoms with Crippen LogP contribution in [0.5, 0.6) is 0 Å². The third-order valence-electron chi connectivity index (χ3n) is 8.69.